The Morgan fingerprint density at radius 2 is 1.69 bits per heavy atom. The van der Waals surface area contributed by atoms with Crippen LogP contribution in [-0.2, 0) is 0 Å². The number of nitrogens with zero attached hydrogens (tertiary/aromatic N) is 2. The molecule has 0 amide bonds. The number of hydrogen-bond acceptors (Lipinski definition) is 3. The van der Waals surface area contributed by atoms with E-state index in [9.17, 15) is 8.78 Å². The number of hydrogen-bond donors (Lipinski definition) is 0. The molecule has 1 atom stereocenters. The Kier molecular flexibility index (Phi) is 5.18. The summed E-state index contributed by atoms with van der Waals surface area (Å²) in [6, 6.07) is 11.3. The quantitative estimate of drug-likeness (QED) is 0.586. The summed E-state index contributed by atoms with van der Waals surface area (Å²) in [7, 11) is 1.95. The van der Waals surface area contributed by atoms with Gasteiger partial charge < -0.3 is 4.74 Å². The Labute approximate surface area is 152 Å². The molecule has 26 heavy (non-hydrogen) atoms. The fourth-order valence-electron chi connectivity index (χ4n) is 2.95. The summed E-state index contributed by atoms with van der Waals surface area (Å²) < 4.78 is 34.3. The highest BCUT2D eigenvalue weighted by Crippen LogP contribution is 2.35. The molecule has 0 aliphatic carbocycles. The van der Waals surface area contributed by atoms with E-state index in [1.54, 1.807) is 30.3 Å². The van der Waals surface area contributed by atoms with Gasteiger partial charge in [0.1, 0.15) is 28.7 Å². The Bertz CT molecular complexity index is 927. The van der Waals surface area contributed by atoms with Crippen LogP contribution in [0.25, 0.3) is 10.9 Å². The molecule has 3 aromatic rings. The third kappa shape index (κ3) is 3.53. The van der Waals surface area contributed by atoms with E-state index in [0.717, 1.165) is 0 Å². The number of pyridine rings is 1. The highest BCUT2D eigenvalue weighted by molar-refractivity contribution is 5.80. The van der Waals surface area contributed by atoms with Crippen LogP contribution in [0.3, 0.4) is 0 Å². The first-order chi connectivity index (χ1) is 12.4. The van der Waals surface area contributed by atoms with Crippen LogP contribution in [0, 0.1) is 11.6 Å². The SMILES string of the molecule is CC(C)N(C)C(C)c1c(F)cccc1Oc1cnc2c(F)cccc2c1. The molecule has 5 heteroatoms. The number of ether oxygens (including phenoxy) is 1. The fourth-order valence-corrected chi connectivity index (χ4v) is 2.95. The summed E-state index contributed by atoms with van der Waals surface area (Å²) in [6.07, 6.45) is 1.46. The molecule has 0 bridgehead atoms. The van der Waals surface area contributed by atoms with Crippen LogP contribution in [0.5, 0.6) is 11.5 Å². The Balaban J connectivity index is 1.99. The lowest BCUT2D eigenvalue weighted by molar-refractivity contribution is 0.203. The number of para-hydroxylation sites is 1. The van der Waals surface area contributed by atoms with Crippen LogP contribution in [0.1, 0.15) is 32.4 Å². The molecule has 0 saturated heterocycles. The minimum absolute atomic E-state index is 0.169. The molecule has 1 aromatic heterocycles. The standard InChI is InChI=1S/C21H22F2N2O/c1-13(2)25(4)14(3)20-17(22)8-6-10-19(20)26-16-11-15-7-5-9-18(23)21(15)24-12-16/h5-14H,1-4H3. The van der Waals surface area contributed by atoms with Crippen molar-refractivity contribution in [2.24, 2.45) is 0 Å². The first kappa shape index (κ1) is 18.3. The van der Waals surface area contributed by atoms with E-state index >= 15 is 0 Å². The van der Waals surface area contributed by atoms with Gasteiger partial charge in [-0.2, -0.15) is 0 Å². The Morgan fingerprint density at radius 3 is 2.42 bits per heavy atom. The second-order valence-corrected chi connectivity index (χ2v) is 6.67. The predicted molar refractivity (Wildman–Crippen MR) is 99.5 cm³/mol. The first-order valence-electron chi connectivity index (χ1n) is 8.61. The van der Waals surface area contributed by atoms with Gasteiger partial charge in [-0.3, -0.25) is 4.90 Å². The van der Waals surface area contributed by atoms with Crippen LogP contribution in [-0.4, -0.2) is 23.0 Å². The summed E-state index contributed by atoms with van der Waals surface area (Å²) in [4.78, 5) is 6.20. The monoisotopic (exact) mass is 356 g/mol. The van der Waals surface area contributed by atoms with Crippen molar-refractivity contribution >= 4 is 10.9 Å². The zero-order chi connectivity index (χ0) is 18.8. The molecule has 0 saturated carbocycles. The van der Waals surface area contributed by atoms with E-state index in [4.69, 9.17) is 4.74 Å². The fraction of sp³-hybridized carbons (Fsp3) is 0.286. The highest BCUT2D eigenvalue weighted by Gasteiger charge is 2.22. The molecule has 0 radical (unpaired) electrons. The third-order valence-corrected chi connectivity index (χ3v) is 4.72. The number of benzene rings is 2. The van der Waals surface area contributed by atoms with Crippen molar-refractivity contribution in [1.82, 2.24) is 9.88 Å². The van der Waals surface area contributed by atoms with Crippen molar-refractivity contribution in [1.29, 1.82) is 0 Å². The van der Waals surface area contributed by atoms with Gasteiger partial charge in [-0.1, -0.05) is 18.2 Å². The van der Waals surface area contributed by atoms with Crippen LogP contribution < -0.4 is 4.74 Å². The van der Waals surface area contributed by atoms with Crippen LogP contribution in [0.2, 0.25) is 0 Å². The average Bonchev–Trinajstić information content (AvgIpc) is 2.61. The lowest BCUT2D eigenvalue weighted by atomic mass is 10.0. The number of halogens is 2. The zero-order valence-electron chi connectivity index (χ0n) is 15.3. The molecule has 0 fully saturated rings. The summed E-state index contributed by atoms with van der Waals surface area (Å²) in [6.45, 7) is 6.05. The van der Waals surface area contributed by atoms with E-state index in [0.29, 0.717) is 22.4 Å². The lowest BCUT2D eigenvalue weighted by Crippen LogP contribution is -2.30. The van der Waals surface area contributed by atoms with E-state index in [-0.39, 0.29) is 29.2 Å². The van der Waals surface area contributed by atoms with Crippen LogP contribution in [0.15, 0.2) is 48.7 Å². The molecule has 0 spiro atoms. The number of rotatable bonds is 5. The molecular weight excluding hydrogens is 334 g/mol. The van der Waals surface area contributed by atoms with Crippen molar-refractivity contribution in [3.8, 4) is 11.5 Å². The normalized spacial score (nSPS) is 12.8. The summed E-state index contributed by atoms with van der Waals surface area (Å²) in [5, 5.41) is 0.632. The van der Waals surface area contributed by atoms with Crippen LogP contribution >= 0.6 is 0 Å². The van der Waals surface area contributed by atoms with Gasteiger partial charge in [0.25, 0.3) is 0 Å². The largest absolute Gasteiger partial charge is 0.455 e. The Hall–Kier alpha value is -2.53. The van der Waals surface area contributed by atoms with Gasteiger partial charge in [-0.15, -0.1) is 0 Å². The molecule has 136 valence electrons. The number of aromatic nitrogens is 1. The average molecular weight is 356 g/mol. The minimum atomic E-state index is -0.382. The van der Waals surface area contributed by atoms with Gasteiger partial charge in [0.05, 0.1) is 6.20 Å². The van der Waals surface area contributed by atoms with E-state index < -0.39 is 0 Å². The first-order valence-corrected chi connectivity index (χ1v) is 8.61. The predicted octanol–water partition coefficient (Wildman–Crippen LogP) is 5.71. The molecule has 1 heterocycles. The second kappa shape index (κ2) is 7.38. The van der Waals surface area contributed by atoms with Crippen molar-refractivity contribution in [3.05, 3.63) is 65.9 Å². The van der Waals surface area contributed by atoms with Gasteiger partial charge in [0.2, 0.25) is 0 Å². The second-order valence-electron chi connectivity index (χ2n) is 6.67. The van der Waals surface area contributed by atoms with E-state index in [2.05, 4.69) is 23.7 Å². The molecular formula is C21H22F2N2O. The topological polar surface area (TPSA) is 25.4 Å². The van der Waals surface area contributed by atoms with Gasteiger partial charge in [-0.05, 0) is 52.1 Å². The summed E-state index contributed by atoms with van der Waals surface area (Å²) in [5.74, 6) is 0.173. The molecule has 3 rings (SSSR count). The zero-order valence-corrected chi connectivity index (χ0v) is 15.3. The molecule has 2 aromatic carbocycles. The smallest absolute Gasteiger partial charge is 0.149 e. The molecule has 0 N–H and O–H groups in total. The molecule has 0 aliphatic rings. The Morgan fingerprint density at radius 1 is 1.00 bits per heavy atom. The van der Waals surface area contributed by atoms with Crippen LogP contribution in [0.4, 0.5) is 8.78 Å². The van der Waals surface area contributed by atoms with Gasteiger partial charge in [0, 0.05) is 23.0 Å². The van der Waals surface area contributed by atoms with Crippen molar-refractivity contribution < 1.29 is 13.5 Å². The maximum Gasteiger partial charge on any atom is 0.149 e. The molecule has 3 nitrogen and oxygen atoms in total. The maximum atomic E-state index is 14.6. The van der Waals surface area contributed by atoms with Gasteiger partial charge in [-0.25, -0.2) is 13.8 Å². The van der Waals surface area contributed by atoms with Crippen molar-refractivity contribution in [3.63, 3.8) is 0 Å². The third-order valence-electron chi connectivity index (χ3n) is 4.72. The highest BCUT2D eigenvalue weighted by atomic mass is 19.1. The maximum absolute atomic E-state index is 14.6. The van der Waals surface area contributed by atoms with Crippen molar-refractivity contribution in [2.75, 3.05) is 7.05 Å². The summed E-state index contributed by atoms with van der Waals surface area (Å²) in [5.41, 5.74) is 0.773. The summed E-state index contributed by atoms with van der Waals surface area (Å²) >= 11 is 0. The van der Waals surface area contributed by atoms with E-state index in [1.807, 2.05) is 14.0 Å². The number of fused-ring (bicyclic) bond motifs is 1. The van der Waals surface area contributed by atoms with Gasteiger partial charge in [0.15, 0.2) is 0 Å². The van der Waals surface area contributed by atoms with Gasteiger partial charge >= 0.3 is 0 Å². The molecule has 0 aliphatic heterocycles. The van der Waals surface area contributed by atoms with E-state index in [1.165, 1.54) is 18.3 Å². The minimum Gasteiger partial charge on any atom is -0.455 e. The lowest BCUT2D eigenvalue weighted by Gasteiger charge is -2.30. The van der Waals surface area contributed by atoms with Crippen molar-refractivity contribution in [2.45, 2.75) is 32.9 Å². The molecule has 1 unspecified atom stereocenters.